The first kappa shape index (κ1) is 28.9. The summed E-state index contributed by atoms with van der Waals surface area (Å²) >= 11 is 24.9. The molecule has 0 unspecified atom stereocenters. The smallest absolute Gasteiger partial charge is 0.244 e. The molecule has 1 fully saturated rings. The van der Waals surface area contributed by atoms with Crippen molar-refractivity contribution in [3.05, 3.63) is 62.1 Å². The van der Waals surface area contributed by atoms with Crippen molar-refractivity contribution in [3.8, 4) is 0 Å². The van der Waals surface area contributed by atoms with Crippen molar-refractivity contribution in [2.75, 3.05) is 17.1 Å². The fraction of sp³-hybridized carbons (Fsp3) is 0.417. The molecule has 1 saturated carbocycles. The number of nitrogens with one attached hydrogen (secondary N) is 1. The van der Waals surface area contributed by atoms with Gasteiger partial charge in [0.05, 0.1) is 11.9 Å². The van der Waals surface area contributed by atoms with Gasteiger partial charge in [0.15, 0.2) is 0 Å². The minimum Gasteiger partial charge on any atom is -0.352 e. The van der Waals surface area contributed by atoms with Gasteiger partial charge in [-0.25, -0.2) is 8.42 Å². The van der Waals surface area contributed by atoms with E-state index in [0.717, 1.165) is 36.2 Å². The van der Waals surface area contributed by atoms with Crippen LogP contribution in [0.1, 0.15) is 38.2 Å². The van der Waals surface area contributed by atoms with Crippen molar-refractivity contribution in [2.24, 2.45) is 0 Å². The van der Waals surface area contributed by atoms with Gasteiger partial charge in [-0.15, -0.1) is 0 Å². The van der Waals surface area contributed by atoms with Crippen molar-refractivity contribution in [1.82, 2.24) is 10.2 Å². The van der Waals surface area contributed by atoms with E-state index < -0.39 is 28.5 Å². The van der Waals surface area contributed by atoms with Crippen LogP contribution in [0.4, 0.5) is 5.69 Å². The van der Waals surface area contributed by atoms with Crippen LogP contribution in [0.15, 0.2) is 36.4 Å². The Morgan fingerprint density at radius 2 is 1.58 bits per heavy atom. The summed E-state index contributed by atoms with van der Waals surface area (Å²) in [6.07, 6.45) is 4.78. The second-order valence-corrected chi connectivity index (χ2v) is 12.4. The first-order valence-electron chi connectivity index (χ1n) is 11.3. The molecule has 2 amide bonds. The summed E-state index contributed by atoms with van der Waals surface area (Å²) < 4.78 is 26.2. The monoisotopic (exact) mass is 593 g/mol. The van der Waals surface area contributed by atoms with Gasteiger partial charge in [-0.2, -0.15) is 0 Å². The highest BCUT2D eigenvalue weighted by molar-refractivity contribution is 7.92. The van der Waals surface area contributed by atoms with E-state index in [1.54, 1.807) is 25.1 Å². The zero-order chi connectivity index (χ0) is 26.6. The van der Waals surface area contributed by atoms with E-state index in [0.29, 0.717) is 15.6 Å². The SMILES string of the molecule is C[C@H](C(=O)NC1CCCC1)N(Cc1c(Cl)cccc1Cl)C(=O)CN(c1cc(Cl)cc(Cl)c1)S(C)(=O)=O. The molecule has 3 rings (SSSR count). The molecule has 2 aromatic rings. The number of rotatable bonds is 9. The number of hydrogen-bond acceptors (Lipinski definition) is 4. The van der Waals surface area contributed by atoms with E-state index in [-0.39, 0.29) is 34.2 Å². The van der Waals surface area contributed by atoms with Crippen LogP contribution in [0.25, 0.3) is 0 Å². The molecule has 0 bridgehead atoms. The maximum absolute atomic E-state index is 13.6. The summed E-state index contributed by atoms with van der Waals surface area (Å²) in [5.41, 5.74) is 0.577. The molecule has 0 radical (unpaired) electrons. The van der Waals surface area contributed by atoms with E-state index in [2.05, 4.69) is 5.32 Å². The molecular weight excluding hydrogens is 568 g/mol. The van der Waals surface area contributed by atoms with Gasteiger partial charge in [0, 0.05) is 38.2 Å². The van der Waals surface area contributed by atoms with Crippen LogP contribution in [0.5, 0.6) is 0 Å². The Morgan fingerprint density at radius 1 is 1.03 bits per heavy atom. The van der Waals surface area contributed by atoms with Crippen LogP contribution in [-0.2, 0) is 26.2 Å². The predicted octanol–water partition coefficient (Wildman–Crippen LogP) is 5.54. The highest BCUT2D eigenvalue weighted by atomic mass is 35.5. The summed E-state index contributed by atoms with van der Waals surface area (Å²) in [7, 11) is -3.92. The molecule has 1 atom stereocenters. The largest absolute Gasteiger partial charge is 0.352 e. The maximum atomic E-state index is 13.6. The van der Waals surface area contributed by atoms with Crippen LogP contribution in [0, 0.1) is 0 Å². The zero-order valence-corrected chi connectivity index (χ0v) is 23.6. The minimum absolute atomic E-state index is 0.0434. The van der Waals surface area contributed by atoms with E-state index >= 15 is 0 Å². The lowest BCUT2D eigenvalue weighted by Gasteiger charge is -2.32. The van der Waals surface area contributed by atoms with Crippen molar-refractivity contribution < 1.29 is 18.0 Å². The van der Waals surface area contributed by atoms with E-state index in [4.69, 9.17) is 46.4 Å². The Kier molecular flexibility index (Phi) is 9.80. The number of anilines is 1. The lowest BCUT2D eigenvalue weighted by molar-refractivity contribution is -0.139. The normalized spacial score (nSPS) is 14.9. The Bertz CT molecular complexity index is 1200. The van der Waals surface area contributed by atoms with Gasteiger partial charge in [0.25, 0.3) is 0 Å². The number of halogens is 4. The fourth-order valence-electron chi connectivity index (χ4n) is 4.13. The van der Waals surface area contributed by atoms with Crippen LogP contribution in [-0.4, -0.2) is 50.0 Å². The van der Waals surface area contributed by atoms with Gasteiger partial charge in [-0.05, 0) is 50.1 Å². The fourth-order valence-corrected chi connectivity index (χ4v) is 5.99. The van der Waals surface area contributed by atoms with Crippen LogP contribution in [0.2, 0.25) is 20.1 Å². The molecule has 1 N–H and O–H groups in total. The van der Waals surface area contributed by atoms with Crippen LogP contribution >= 0.6 is 46.4 Å². The Morgan fingerprint density at radius 3 is 2.11 bits per heavy atom. The first-order chi connectivity index (χ1) is 16.9. The Hall–Kier alpha value is -1.71. The number of benzene rings is 2. The van der Waals surface area contributed by atoms with Gasteiger partial charge in [-0.3, -0.25) is 13.9 Å². The minimum atomic E-state index is -3.92. The van der Waals surface area contributed by atoms with E-state index in [1.807, 2.05) is 0 Å². The number of nitrogens with zero attached hydrogens (tertiary/aromatic N) is 2. The molecule has 0 aromatic heterocycles. The number of hydrogen-bond donors (Lipinski definition) is 1. The molecule has 1 aliphatic rings. The zero-order valence-electron chi connectivity index (χ0n) is 19.8. The summed E-state index contributed by atoms with van der Waals surface area (Å²) in [5.74, 6) is -0.961. The van der Waals surface area contributed by atoms with Gasteiger partial charge in [-0.1, -0.05) is 65.3 Å². The quantitative estimate of drug-likeness (QED) is 0.413. The second-order valence-electron chi connectivity index (χ2n) is 8.79. The molecule has 1 aliphatic carbocycles. The number of amides is 2. The molecule has 12 heteroatoms. The molecular formula is C24H27Cl4N3O4S. The molecule has 2 aromatic carbocycles. The Balaban J connectivity index is 1.95. The summed E-state index contributed by atoms with van der Waals surface area (Å²) in [6.45, 7) is 0.914. The first-order valence-corrected chi connectivity index (χ1v) is 14.7. The number of carbonyl (C=O) groups excluding carboxylic acids is 2. The molecule has 0 spiro atoms. The van der Waals surface area contributed by atoms with Crippen LogP contribution < -0.4 is 9.62 Å². The molecule has 0 saturated heterocycles. The summed E-state index contributed by atoms with van der Waals surface area (Å²) in [6, 6.07) is 8.30. The molecule has 196 valence electrons. The van der Waals surface area contributed by atoms with Crippen LogP contribution in [0.3, 0.4) is 0 Å². The van der Waals surface area contributed by atoms with Crippen molar-refractivity contribution in [3.63, 3.8) is 0 Å². The predicted molar refractivity (Wildman–Crippen MR) is 146 cm³/mol. The second kappa shape index (κ2) is 12.2. The van der Waals surface area contributed by atoms with E-state index in [1.165, 1.54) is 23.1 Å². The number of sulfonamides is 1. The lowest BCUT2D eigenvalue weighted by Crippen LogP contribution is -2.52. The molecule has 7 nitrogen and oxygen atoms in total. The van der Waals surface area contributed by atoms with Crippen molar-refractivity contribution in [2.45, 2.75) is 51.2 Å². The summed E-state index contributed by atoms with van der Waals surface area (Å²) in [5, 5.41) is 4.06. The molecule has 0 heterocycles. The van der Waals surface area contributed by atoms with Gasteiger partial charge < -0.3 is 10.2 Å². The van der Waals surface area contributed by atoms with Gasteiger partial charge in [0.2, 0.25) is 21.8 Å². The van der Waals surface area contributed by atoms with E-state index in [9.17, 15) is 18.0 Å². The average molecular weight is 595 g/mol. The number of carbonyl (C=O) groups is 2. The standard InChI is InChI=1S/C24H27Cl4N3O4S/c1-15(24(33)29-18-6-3-4-7-18)30(13-20-21(27)8-5-9-22(20)28)23(32)14-31(36(2,34)35)19-11-16(25)10-17(26)12-19/h5,8-12,15,18H,3-4,6-7,13-14H2,1-2H3,(H,29,33)/t15-/m1/s1. The van der Waals surface area contributed by atoms with Crippen molar-refractivity contribution in [1.29, 1.82) is 0 Å². The molecule has 0 aliphatic heterocycles. The Labute approximate surface area is 231 Å². The highest BCUT2D eigenvalue weighted by Crippen LogP contribution is 2.29. The third-order valence-electron chi connectivity index (χ3n) is 6.07. The summed E-state index contributed by atoms with van der Waals surface area (Å²) in [4.78, 5) is 28.0. The topological polar surface area (TPSA) is 86.8 Å². The molecule has 36 heavy (non-hydrogen) atoms. The van der Waals surface area contributed by atoms with Gasteiger partial charge >= 0.3 is 0 Å². The lowest BCUT2D eigenvalue weighted by atomic mass is 10.1. The third kappa shape index (κ3) is 7.42. The van der Waals surface area contributed by atoms with Gasteiger partial charge in [0.1, 0.15) is 12.6 Å². The highest BCUT2D eigenvalue weighted by Gasteiger charge is 2.32. The maximum Gasteiger partial charge on any atom is 0.244 e. The average Bonchev–Trinajstić information content (AvgIpc) is 3.28. The third-order valence-corrected chi connectivity index (χ3v) is 8.36. The van der Waals surface area contributed by atoms with Crippen molar-refractivity contribution >= 4 is 73.9 Å².